The maximum absolute atomic E-state index is 13.7. The minimum atomic E-state index is -0.783. The Hall–Kier alpha value is -3.98. The molecule has 1 atom stereocenters. The molecule has 1 aliphatic heterocycles. The van der Waals surface area contributed by atoms with E-state index in [1.165, 1.54) is 4.90 Å². The first kappa shape index (κ1) is 22.8. The third kappa shape index (κ3) is 3.77. The van der Waals surface area contributed by atoms with E-state index in [0.717, 1.165) is 11.3 Å². The van der Waals surface area contributed by atoms with E-state index in [0.29, 0.717) is 39.5 Å². The lowest BCUT2D eigenvalue weighted by Gasteiger charge is -2.22. The van der Waals surface area contributed by atoms with Crippen LogP contribution in [-0.2, 0) is 4.74 Å². The number of aryl methyl sites for hydroxylation is 1. The highest BCUT2D eigenvalue weighted by Crippen LogP contribution is 2.43. The number of para-hydroxylation sites is 1. The maximum atomic E-state index is 13.7. The van der Waals surface area contributed by atoms with Crippen molar-refractivity contribution in [3.63, 3.8) is 0 Å². The zero-order chi connectivity index (χ0) is 24.7. The van der Waals surface area contributed by atoms with Crippen molar-refractivity contribution in [3.8, 4) is 5.75 Å². The Morgan fingerprint density at radius 3 is 2.54 bits per heavy atom. The van der Waals surface area contributed by atoms with Crippen LogP contribution in [0.3, 0.4) is 0 Å². The molecule has 2 aromatic carbocycles. The van der Waals surface area contributed by atoms with Gasteiger partial charge in [-0.25, -0.2) is 9.78 Å². The number of carbonyl (C=O) groups excluding carboxylic acids is 2. The van der Waals surface area contributed by atoms with E-state index in [1.807, 2.05) is 19.1 Å². The molecule has 178 valence electrons. The third-order valence-corrected chi connectivity index (χ3v) is 6.87. The molecule has 0 spiro atoms. The average Bonchev–Trinajstić information content (AvgIpc) is 3.38. The standard InChI is InChI=1S/C26H22N2O6S/c1-4-32-16-12-10-15(11-13-16)20-19-21(29)17-8-6-7-9-18(17)34-22(19)24(30)28(20)26-27-14(3)23(35-26)25(31)33-5-2/h6-13,20H,4-5H2,1-3H3. The topological polar surface area (TPSA) is 98.9 Å². The van der Waals surface area contributed by atoms with Crippen molar-refractivity contribution >= 4 is 39.3 Å². The number of esters is 1. The highest BCUT2D eigenvalue weighted by Gasteiger charge is 2.45. The van der Waals surface area contributed by atoms with Crippen LogP contribution in [0.5, 0.6) is 5.75 Å². The van der Waals surface area contributed by atoms with E-state index < -0.39 is 17.9 Å². The van der Waals surface area contributed by atoms with Crippen LogP contribution in [0.1, 0.15) is 56.9 Å². The third-order valence-electron chi connectivity index (χ3n) is 5.74. The lowest BCUT2D eigenvalue weighted by atomic mass is 9.98. The molecule has 3 heterocycles. The van der Waals surface area contributed by atoms with E-state index in [4.69, 9.17) is 13.9 Å². The van der Waals surface area contributed by atoms with Gasteiger partial charge < -0.3 is 13.9 Å². The Balaban J connectivity index is 1.71. The molecule has 1 aliphatic rings. The van der Waals surface area contributed by atoms with E-state index in [1.54, 1.807) is 50.2 Å². The molecule has 1 unspecified atom stereocenters. The molecule has 2 aromatic heterocycles. The van der Waals surface area contributed by atoms with Gasteiger partial charge in [0.05, 0.1) is 35.9 Å². The van der Waals surface area contributed by atoms with Crippen LogP contribution in [0.25, 0.3) is 11.0 Å². The van der Waals surface area contributed by atoms with Gasteiger partial charge in [0.15, 0.2) is 10.6 Å². The quantitative estimate of drug-likeness (QED) is 0.355. The molecule has 0 fully saturated rings. The van der Waals surface area contributed by atoms with Crippen LogP contribution >= 0.6 is 11.3 Å². The van der Waals surface area contributed by atoms with Gasteiger partial charge in [0.2, 0.25) is 5.76 Å². The molecule has 0 aliphatic carbocycles. The number of hydrogen-bond acceptors (Lipinski definition) is 8. The van der Waals surface area contributed by atoms with Gasteiger partial charge in [0.1, 0.15) is 16.2 Å². The molecule has 8 nitrogen and oxygen atoms in total. The Labute approximate surface area is 204 Å². The second-order valence-corrected chi connectivity index (χ2v) is 8.86. The summed E-state index contributed by atoms with van der Waals surface area (Å²) in [6.45, 7) is 6.03. The molecular formula is C26H22N2O6S. The van der Waals surface area contributed by atoms with Gasteiger partial charge in [-0.15, -0.1) is 0 Å². The fourth-order valence-corrected chi connectivity index (χ4v) is 5.20. The SMILES string of the molecule is CCOC(=O)c1sc(N2C(=O)c3oc4ccccc4c(=O)c3C2c2ccc(OCC)cc2)nc1C. The molecule has 0 saturated heterocycles. The minimum Gasteiger partial charge on any atom is -0.494 e. The highest BCUT2D eigenvalue weighted by atomic mass is 32.1. The van der Waals surface area contributed by atoms with E-state index in [2.05, 4.69) is 4.98 Å². The van der Waals surface area contributed by atoms with Crippen molar-refractivity contribution in [3.05, 3.63) is 86.2 Å². The smallest absolute Gasteiger partial charge is 0.350 e. The van der Waals surface area contributed by atoms with Crippen LogP contribution in [-0.4, -0.2) is 30.1 Å². The normalized spacial score (nSPS) is 14.9. The summed E-state index contributed by atoms with van der Waals surface area (Å²) in [6.07, 6.45) is 0. The number of benzene rings is 2. The zero-order valence-corrected chi connectivity index (χ0v) is 20.2. The van der Waals surface area contributed by atoms with Crippen LogP contribution in [0, 0.1) is 6.92 Å². The number of carbonyl (C=O) groups is 2. The summed E-state index contributed by atoms with van der Waals surface area (Å²) in [4.78, 5) is 45.9. The Bertz CT molecular complexity index is 1500. The second-order valence-electron chi connectivity index (χ2n) is 7.88. The fourth-order valence-electron chi connectivity index (χ4n) is 4.22. The Morgan fingerprint density at radius 2 is 1.83 bits per heavy atom. The number of rotatable bonds is 6. The summed E-state index contributed by atoms with van der Waals surface area (Å²) < 4.78 is 16.6. The number of amides is 1. The van der Waals surface area contributed by atoms with Crippen molar-refractivity contribution in [2.75, 3.05) is 18.1 Å². The molecule has 9 heteroatoms. The number of aromatic nitrogens is 1. The lowest BCUT2D eigenvalue weighted by molar-refractivity contribution is 0.0531. The monoisotopic (exact) mass is 490 g/mol. The summed E-state index contributed by atoms with van der Waals surface area (Å²) >= 11 is 1.05. The number of hydrogen-bond donors (Lipinski definition) is 0. The van der Waals surface area contributed by atoms with Crippen LogP contribution in [0.2, 0.25) is 0 Å². The number of thiazole rings is 1. The van der Waals surface area contributed by atoms with E-state index in [-0.39, 0.29) is 28.5 Å². The molecule has 5 rings (SSSR count). The second kappa shape index (κ2) is 8.99. The van der Waals surface area contributed by atoms with Crippen molar-refractivity contribution in [2.24, 2.45) is 0 Å². The highest BCUT2D eigenvalue weighted by molar-refractivity contribution is 7.17. The van der Waals surface area contributed by atoms with Gasteiger partial charge >= 0.3 is 5.97 Å². The fraction of sp³-hybridized carbons (Fsp3) is 0.231. The predicted molar refractivity (Wildman–Crippen MR) is 132 cm³/mol. The molecule has 0 N–H and O–H groups in total. The first-order valence-electron chi connectivity index (χ1n) is 11.2. The number of nitrogens with zero attached hydrogens (tertiary/aromatic N) is 2. The van der Waals surface area contributed by atoms with Crippen molar-refractivity contribution in [1.29, 1.82) is 0 Å². The predicted octanol–water partition coefficient (Wildman–Crippen LogP) is 4.88. The summed E-state index contributed by atoms with van der Waals surface area (Å²) in [5.41, 5.74) is 1.43. The lowest BCUT2D eigenvalue weighted by Crippen LogP contribution is -2.29. The Morgan fingerprint density at radius 1 is 1.09 bits per heavy atom. The molecule has 35 heavy (non-hydrogen) atoms. The summed E-state index contributed by atoms with van der Waals surface area (Å²) in [5, 5.41) is 0.670. The van der Waals surface area contributed by atoms with Crippen molar-refractivity contribution in [2.45, 2.75) is 26.8 Å². The molecule has 0 saturated carbocycles. The average molecular weight is 491 g/mol. The molecule has 0 bridgehead atoms. The zero-order valence-electron chi connectivity index (χ0n) is 19.4. The molecular weight excluding hydrogens is 468 g/mol. The first-order valence-corrected chi connectivity index (χ1v) is 12.0. The van der Waals surface area contributed by atoms with Crippen LogP contribution < -0.4 is 15.1 Å². The minimum absolute atomic E-state index is 0.0295. The Kier molecular flexibility index (Phi) is 5.86. The summed E-state index contributed by atoms with van der Waals surface area (Å²) in [5.74, 6) is -0.355. The summed E-state index contributed by atoms with van der Waals surface area (Å²) in [7, 11) is 0. The molecule has 4 aromatic rings. The largest absolute Gasteiger partial charge is 0.494 e. The van der Waals surface area contributed by atoms with E-state index >= 15 is 0 Å². The van der Waals surface area contributed by atoms with Gasteiger partial charge in [0, 0.05) is 0 Å². The number of fused-ring (bicyclic) bond motifs is 2. The molecule has 1 amide bonds. The molecule has 0 radical (unpaired) electrons. The van der Waals surface area contributed by atoms with Gasteiger partial charge in [-0.05, 0) is 50.6 Å². The number of anilines is 1. The van der Waals surface area contributed by atoms with Gasteiger partial charge in [-0.3, -0.25) is 14.5 Å². The number of ether oxygens (including phenoxy) is 2. The van der Waals surface area contributed by atoms with Gasteiger partial charge in [-0.2, -0.15) is 0 Å². The van der Waals surface area contributed by atoms with Gasteiger partial charge in [-0.1, -0.05) is 35.6 Å². The maximum Gasteiger partial charge on any atom is 0.350 e. The van der Waals surface area contributed by atoms with Crippen molar-refractivity contribution in [1.82, 2.24) is 4.98 Å². The summed E-state index contributed by atoms with van der Waals surface area (Å²) in [6, 6.07) is 13.3. The van der Waals surface area contributed by atoms with Crippen LogP contribution in [0.4, 0.5) is 5.13 Å². The van der Waals surface area contributed by atoms with Crippen LogP contribution in [0.15, 0.2) is 57.7 Å². The van der Waals surface area contributed by atoms with Crippen molar-refractivity contribution < 1.29 is 23.5 Å². The first-order chi connectivity index (χ1) is 16.9. The van der Waals surface area contributed by atoms with Gasteiger partial charge in [0.25, 0.3) is 5.91 Å². The van der Waals surface area contributed by atoms with E-state index in [9.17, 15) is 14.4 Å².